The maximum absolute atomic E-state index is 10.7. The summed E-state index contributed by atoms with van der Waals surface area (Å²) in [6.07, 6.45) is 0.856. The van der Waals surface area contributed by atoms with Gasteiger partial charge in [0.15, 0.2) is 5.16 Å². The molecule has 0 fully saturated rings. The fourth-order valence-corrected chi connectivity index (χ4v) is 1.44. The van der Waals surface area contributed by atoms with Crippen LogP contribution in [-0.4, -0.2) is 26.6 Å². The Morgan fingerprint density at radius 1 is 1.57 bits per heavy atom. The van der Waals surface area contributed by atoms with E-state index in [1.807, 2.05) is 0 Å². The smallest absolute Gasteiger partial charge is 0.225 e. The van der Waals surface area contributed by atoms with Crippen LogP contribution in [0.25, 0.3) is 0 Å². The molecule has 1 heterocycles. The van der Waals surface area contributed by atoms with Crippen LogP contribution in [0.2, 0.25) is 0 Å². The van der Waals surface area contributed by atoms with E-state index in [9.17, 15) is 4.79 Å². The van der Waals surface area contributed by atoms with Gasteiger partial charge in [-0.25, -0.2) is 0 Å². The summed E-state index contributed by atoms with van der Waals surface area (Å²) >= 11 is 9.67. The maximum Gasteiger partial charge on any atom is 0.225 e. The number of halogens is 1. The molecule has 0 radical (unpaired) electrons. The van der Waals surface area contributed by atoms with Crippen molar-refractivity contribution in [3.63, 3.8) is 0 Å². The Morgan fingerprint density at radius 3 is 2.86 bits per heavy atom. The van der Waals surface area contributed by atoms with E-state index in [0.29, 0.717) is 23.4 Å². The minimum absolute atomic E-state index is 0.0792. The zero-order valence-corrected chi connectivity index (χ0v) is 9.13. The molecule has 1 rings (SSSR count). The Hall–Kier alpha value is -0.750. The quantitative estimate of drug-likeness (QED) is 0.566. The van der Waals surface area contributed by atoms with Gasteiger partial charge in [0.05, 0.1) is 6.42 Å². The summed E-state index contributed by atoms with van der Waals surface area (Å²) in [6, 6.07) is 0. The Morgan fingerprint density at radius 2 is 2.29 bits per heavy atom. The van der Waals surface area contributed by atoms with Crippen molar-refractivity contribution in [1.82, 2.24) is 14.8 Å². The third-order valence-corrected chi connectivity index (χ3v) is 2.25. The number of hydrogen-bond donors (Lipinski definition) is 2. The van der Waals surface area contributed by atoms with Crippen molar-refractivity contribution in [2.45, 2.75) is 24.5 Å². The van der Waals surface area contributed by atoms with Gasteiger partial charge in [0.1, 0.15) is 5.82 Å². The van der Waals surface area contributed by atoms with E-state index in [0.717, 1.165) is 6.42 Å². The highest BCUT2D eigenvalue weighted by Crippen LogP contribution is 2.08. The van der Waals surface area contributed by atoms with Crippen LogP contribution < -0.4 is 5.73 Å². The summed E-state index contributed by atoms with van der Waals surface area (Å²) in [7, 11) is 0. The molecule has 0 aliphatic heterocycles. The van der Waals surface area contributed by atoms with Gasteiger partial charge in [0.2, 0.25) is 5.91 Å². The second-order valence-electron chi connectivity index (χ2n) is 2.75. The van der Waals surface area contributed by atoms with Gasteiger partial charge in [-0.1, -0.05) is 0 Å². The van der Waals surface area contributed by atoms with Gasteiger partial charge in [0.25, 0.3) is 0 Å². The summed E-state index contributed by atoms with van der Waals surface area (Å²) in [4.78, 5) is 10.7. The molecule has 0 unspecified atom stereocenters. The first kappa shape index (κ1) is 11.3. The lowest BCUT2D eigenvalue weighted by Crippen LogP contribution is -2.17. The molecule has 5 nitrogen and oxygen atoms in total. The molecular formula is C7H11ClN4OS. The van der Waals surface area contributed by atoms with Crippen molar-refractivity contribution in [1.29, 1.82) is 0 Å². The molecule has 0 bridgehead atoms. The summed E-state index contributed by atoms with van der Waals surface area (Å²) in [5.41, 5.74) is 5.06. The fraction of sp³-hybridized carbons (Fsp3) is 0.571. The summed E-state index contributed by atoms with van der Waals surface area (Å²) in [6.45, 7) is 0.651. The molecule has 0 saturated heterocycles. The Balaban J connectivity index is 2.77. The van der Waals surface area contributed by atoms with E-state index in [1.165, 1.54) is 0 Å². The number of carbonyl (C=O) groups is 1. The summed E-state index contributed by atoms with van der Waals surface area (Å²) < 4.78 is 1.73. The number of rotatable bonds is 5. The van der Waals surface area contributed by atoms with Crippen molar-refractivity contribution < 1.29 is 4.79 Å². The monoisotopic (exact) mass is 234 g/mol. The molecule has 1 aromatic rings. The van der Waals surface area contributed by atoms with Gasteiger partial charge < -0.3 is 10.3 Å². The van der Waals surface area contributed by atoms with Crippen LogP contribution in [0.1, 0.15) is 12.2 Å². The number of primary amides is 1. The van der Waals surface area contributed by atoms with E-state index in [-0.39, 0.29) is 6.42 Å². The van der Waals surface area contributed by atoms with Gasteiger partial charge in [-0.15, -0.1) is 34.4 Å². The molecule has 1 amide bonds. The Kier molecular flexibility index (Phi) is 4.21. The number of hydrogen-bond acceptors (Lipinski definition) is 4. The van der Waals surface area contributed by atoms with E-state index in [1.54, 1.807) is 4.57 Å². The lowest BCUT2D eigenvalue weighted by molar-refractivity contribution is -0.117. The first-order valence-electron chi connectivity index (χ1n) is 4.10. The first-order valence-corrected chi connectivity index (χ1v) is 5.08. The Bertz CT molecular complexity index is 327. The number of alkyl halides is 1. The van der Waals surface area contributed by atoms with Crippen LogP contribution in [0.3, 0.4) is 0 Å². The second kappa shape index (κ2) is 5.21. The van der Waals surface area contributed by atoms with Gasteiger partial charge in [0, 0.05) is 12.4 Å². The number of amides is 1. The van der Waals surface area contributed by atoms with Gasteiger partial charge >= 0.3 is 0 Å². The standard InChI is InChI=1S/C7H11ClN4OS/c8-2-1-3-12-6(4-5(9)13)10-11-7(12)14/h1-4H2,(H2,9,13)(H,11,14). The van der Waals surface area contributed by atoms with E-state index in [2.05, 4.69) is 22.8 Å². The fourth-order valence-electron chi connectivity index (χ4n) is 1.06. The van der Waals surface area contributed by atoms with Crippen LogP contribution in [-0.2, 0) is 17.8 Å². The van der Waals surface area contributed by atoms with Crippen LogP contribution in [0.15, 0.2) is 5.16 Å². The third-order valence-electron chi connectivity index (χ3n) is 1.66. The number of carbonyl (C=O) groups excluding carboxylic acids is 1. The predicted molar refractivity (Wildman–Crippen MR) is 55.5 cm³/mol. The molecule has 1 aromatic heterocycles. The topological polar surface area (TPSA) is 73.8 Å². The second-order valence-corrected chi connectivity index (χ2v) is 3.53. The zero-order valence-electron chi connectivity index (χ0n) is 7.48. The third kappa shape index (κ3) is 2.88. The van der Waals surface area contributed by atoms with Crippen molar-refractivity contribution in [2.24, 2.45) is 5.73 Å². The van der Waals surface area contributed by atoms with Crippen molar-refractivity contribution in [3.05, 3.63) is 5.82 Å². The molecule has 0 saturated carbocycles. The molecule has 0 aliphatic rings. The van der Waals surface area contributed by atoms with Crippen LogP contribution in [0.5, 0.6) is 0 Å². The molecule has 2 N–H and O–H groups in total. The van der Waals surface area contributed by atoms with Gasteiger partial charge in [-0.2, -0.15) is 0 Å². The average molecular weight is 235 g/mol. The molecular weight excluding hydrogens is 224 g/mol. The zero-order chi connectivity index (χ0) is 10.6. The molecule has 7 heteroatoms. The normalized spacial score (nSPS) is 10.4. The number of thiol groups is 1. The summed E-state index contributed by atoms with van der Waals surface area (Å²) in [5.74, 6) is 0.645. The van der Waals surface area contributed by atoms with Crippen LogP contribution >= 0.6 is 24.2 Å². The van der Waals surface area contributed by atoms with Crippen LogP contribution in [0.4, 0.5) is 0 Å². The van der Waals surface area contributed by atoms with E-state index >= 15 is 0 Å². The molecule has 78 valence electrons. The minimum Gasteiger partial charge on any atom is -0.369 e. The molecule has 0 spiro atoms. The highest BCUT2D eigenvalue weighted by atomic mass is 35.5. The van der Waals surface area contributed by atoms with E-state index < -0.39 is 5.91 Å². The van der Waals surface area contributed by atoms with E-state index in [4.69, 9.17) is 17.3 Å². The van der Waals surface area contributed by atoms with Crippen molar-refractivity contribution in [3.8, 4) is 0 Å². The highest BCUT2D eigenvalue weighted by molar-refractivity contribution is 7.80. The number of aromatic nitrogens is 3. The predicted octanol–water partition coefficient (Wildman–Crippen LogP) is 0.223. The maximum atomic E-state index is 10.7. The molecule has 0 aromatic carbocycles. The molecule has 14 heavy (non-hydrogen) atoms. The van der Waals surface area contributed by atoms with Crippen molar-refractivity contribution in [2.75, 3.05) is 5.88 Å². The van der Waals surface area contributed by atoms with Crippen molar-refractivity contribution >= 4 is 30.1 Å². The lowest BCUT2D eigenvalue weighted by Gasteiger charge is -2.04. The SMILES string of the molecule is NC(=O)Cc1nnc(S)n1CCCCl. The average Bonchev–Trinajstić information content (AvgIpc) is 2.44. The minimum atomic E-state index is -0.433. The molecule has 0 aliphatic carbocycles. The van der Waals surface area contributed by atoms with Crippen LogP contribution in [0, 0.1) is 0 Å². The summed E-state index contributed by atoms with van der Waals surface area (Å²) in [5, 5.41) is 8.03. The van der Waals surface area contributed by atoms with Gasteiger partial charge in [-0.05, 0) is 6.42 Å². The number of nitrogens with zero attached hydrogens (tertiary/aromatic N) is 3. The largest absolute Gasteiger partial charge is 0.369 e. The van der Waals surface area contributed by atoms with Gasteiger partial charge in [-0.3, -0.25) is 4.79 Å². The molecule has 0 atom stereocenters. The lowest BCUT2D eigenvalue weighted by atomic mass is 10.3. The highest BCUT2D eigenvalue weighted by Gasteiger charge is 2.10. The number of nitrogens with two attached hydrogens (primary N) is 1. The Labute approximate surface area is 92.0 Å². The first-order chi connectivity index (χ1) is 6.65.